The lowest BCUT2D eigenvalue weighted by atomic mass is 10.3. The van der Waals surface area contributed by atoms with Crippen molar-refractivity contribution in [1.29, 1.82) is 0 Å². The van der Waals surface area contributed by atoms with Crippen molar-refractivity contribution in [2.24, 2.45) is 0 Å². The van der Waals surface area contributed by atoms with E-state index < -0.39 is 0 Å². The number of amides is 1. The van der Waals surface area contributed by atoms with E-state index >= 15 is 0 Å². The predicted molar refractivity (Wildman–Crippen MR) is 99.1 cm³/mol. The molecule has 136 valence electrons. The van der Waals surface area contributed by atoms with Gasteiger partial charge in [-0.3, -0.25) is 4.79 Å². The van der Waals surface area contributed by atoms with E-state index in [4.69, 9.17) is 9.72 Å². The molecule has 1 aromatic heterocycles. The third-order valence-corrected chi connectivity index (χ3v) is 5.70. The second kappa shape index (κ2) is 9.24. The van der Waals surface area contributed by atoms with Crippen molar-refractivity contribution in [2.45, 2.75) is 13.0 Å². The minimum Gasteiger partial charge on any atom is -0.385 e. The van der Waals surface area contributed by atoms with Gasteiger partial charge in [0.05, 0.1) is 10.2 Å². The number of ether oxygens (including phenoxy) is 1. The second-order valence-corrected chi connectivity index (χ2v) is 7.74. The molecule has 1 saturated heterocycles. The quantitative estimate of drug-likeness (QED) is 0.512. The van der Waals surface area contributed by atoms with E-state index in [0.717, 1.165) is 44.7 Å². The molecule has 3 N–H and O–H groups in total. The van der Waals surface area contributed by atoms with Crippen molar-refractivity contribution < 1.29 is 19.3 Å². The molecule has 2 heterocycles. The lowest BCUT2D eigenvalue weighted by Gasteiger charge is -2.28. The van der Waals surface area contributed by atoms with Gasteiger partial charge >= 0.3 is 0 Å². The van der Waals surface area contributed by atoms with Crippen LogP contribution in [0.15, 0.2) is 24.3 Å². The number of piperazine rings is 1. The Kier molecular flexibility index (Phi) is 6.75. The topological polar surface area (TPSA) is 60.1 Å². The standard InChI is InChI=1S/C18H26N4O2S/c1-24-12-4-7-19-17(23)13-21-8-10-22(11-9-21)14-18-20-15-5-2-3-6-16(15)25-18/h2-3,5-6H,4,7-14H2,1H3,(H,19,23)/p+2. The Morgan fingerprint density at radius 1 is 1.24 bits per heavy atom. The molecule has 6 nitrogen and oxygen atoms in total. The van der Waals surface area contributed by atoms with E-state index in [1.54, 1.807) is 23.3 Å². The highest BCUT2D eigenvalue weighted by molar-refractivity contribution is 7.18. The number of benzene rings is 1. The average Bonchev–Trinajstić information content (AvgIpc) is 3.03. The molecule has 0 radical (unpaired) electrons. The van der Waals surface area contributed by atoms with E-state index in [1.807, 2.05) is 6.07 Å². The second-order valence-electron chi connectivity index (χ2n) is 6.63. The molecule has 1 aromatic carbocycles. The van der Waals surface area contributed by atoms with Gasteiger partial charge in [0, 0.05) is 20.3 Å². The molecule has 1 aliphatic rings. The van der Waals surface area contributed by atoms with E-state index in [9.17, 15) is 4.79 Å². The number of aromatic nitrogens is 1. The van der Waals surface area contributed by atoms with Crippen LogP contribution in [0.2, 0.25) is 0 Å². The van der Waals surface area contributed by atoms with E-state index in [0.29, 0.717) is 19.7 Å². The highest BCUT2D eigenvalue weighted by Crippen LogP contribution is 2.20. The number of quaternary nitrogens is 2. The van der Waals surface area contributed by atoms with Crippen molar-refractivity contribution >= 4 is 27.5 Å². The zero-order valence-electron chi connectivity index (χ0n) is 14.8. The van der Waals surface area contributed by atoms with E-state index in [1.165, 1.54) is 14.6 Å². The fraction of sp³-hybridized carbons (Fsp3) is 0.556. The first-order valence-corrected chi connectivity index (χ1v) is 9.83. The van der Waals surface area contributed by atoms with Gasteiger partial charge < -0.3 is 19.9 Å². The Labute approximate surface area is 152 Å². The van der Waals surface area contributed by atoms with Crippen LogP contribution in [0.5, 0.6) is 0 Å². The lowest BCUT2D eigenvalue weighted by Crippen LogP contribution is -3.28. The van der Waals surface area contributed by atoms with Crippen LogP contribution in [-0.4, -0.2) is 63.9 Å². The summed E-state index contributed by atoms with van der Waals surface area (Å²) in [6, 6.07) is 8.33. The molecule has 0 unspecified atom stereocenters. The van der Waals surface area contributed by atoms with Gasteiger partial charge in [-0.1, -0.05) is 12.1 Å². The highest BCUT2D eigenvalue weighted by Gasteiger charge is 2.25. The third kappa shape index (κ3) is 5.47. The first kappa shape index (κ1) is 18.3. The Morgan fingerprint density at radius 2 is 2.00 bits per heavy atom. The maximum absolute atomic E-state index is 12.0. The summed E-state index contributed by atoms with van der Waals surface area (Å²) in [5.41, 5.74) is 1.11. The van der Waals surface area contributed by atoms with Crippen LogP contribution in [-0.2, 0) is 16.1 Å². The van der Waals surface area contributed by atoms with Crippen LogP contribution in [0, 0.1) is 0 Å². The van der Waals surface area contributed by atoms with Crippen LogP contribution in [0.4, 0.5) is 0 Å². The summed E-state index contributed by atoms with van der Waals surface area (Å²) in [5, 5.41) is 4.19. The smallest absolute Gasteiger partial charge is 0.275 e. The summed E-state index contributed by atoms with van der Waals surface area (Å²) >= 11 is 1.80. The van der Waals surface area contributed by atoms with Crippen LogP contribution >= 0.6 is 11.3 Å². The first-order valence-electron chi connectivity index (χ1n) is 9.02. The first-order chi connectivity index (χ1) is 12.2. The van der Waals surface area contributed by atoms with Gasteiger partial charge in [0.1, 0.15) is 37.7 Å². The van der Waals surface area contributed by atoms with Crippen molar-refractivity contribution in [3.05, 3.63) is 29.3 Å². The maximum Gasteiger partial charge on any atom is 0.275 e. The molecule has 2 aromatic rings. The van der Waals surface area contributed by atoms with Crippen molar-refractivity contribution in [3.63, 3.8) is 0 Å². The molecular formula is C18H28N4O2S+2. The molecule has 1 aliphatic heterocycles. The molecule has 0 spiro atoms. The Hall–Kier alpha value is -1.54. The summed E-state index contributed by atoms with van der Waals surface area (Å²) in [5.74, 6) is 0.153. The number of carbonyl (C=O) groups excluding carboxylic acids is 1. The van der Waals surface area contributed by atoms with Gasteiger partial charge in [-0.15, -0.1) is 11.3 Å². The van der Waals surface area contributed by atoms with Crippen molar-refractivity contribution in [3.8, 4) is 0 Å². The summed E-state index contributed by atoms with van der Waals surface area (Å²) in [6.07, 6.45) is 0.873. The van der Waals surface area contributed by atoms with Crippen molar-refractivity contribution in [1.82, 2.24) is 10.3 Å². The van der Waals surface area contributed by atoms with Crippen LogP contribution in [0.3, 0.4) is 0 Å². The van der Waals surface area contributed by atoms with Gasteiger partial charge in [-0.25, -0.2) is 4.98 Å². The Bertz CT molecular complexity index is 650. The normalized spacial score (nSPS) is 20.7. The Morgan fingerprint density at radius 3 is 2.76 bits per heavy atom. The number of hydrogen-bond donors (Lipinski definition) is 3. The molecule has 0 saturated carbocycles. The molecule has 3 rings (SSSR count). The van der Waals surface area contributed by atoms with Crippen LogP contribution < -0.4 is 15.1 Å². The van der Waals surface area contributed by atoms with Crippen LogP contribution in [0.1, 0.15) is 11.4 Å². The fourth-order valence-electron chi connectivity index (χ4n) is 3.25. The molecule has 1 fully saturated rings. The van der Waals surface area contributed by atoms with Gasteiger partial charge in [0.15, 0.2) is 6.54 Å². The molecule has 25 heavy (non-hydrogen) atoms. The molecule has 0 atom stereocenters. The number of hydrogen-bond acceptors (Lipinski definition) is 4. The molecule has 7 heteroatoms. The SMILES string of the molecule is COCCCNC(=O)C[NH+]1CC[NH+](Cc2nc3ccccc3s2)CC1. The highest BCUT2D eigenvalue weighted by atomic mass is 32.1. The molecule has 1 amide bonds. The fourth-order valence-corrected chi connectivity index (χ4v) is 4.29. The summed E-state index contributed by atoms with van der Waals surface area (Å²) in [6.45, 7) is 7.27. The van der Waals surface area contributed by atoms with Gasteiger partial charge in [0.25, 0.3) is 5.91 Å². The van der Waals surface area contributed by atoms with Crippen molar-refractivity contribution in [2.75, 3.05) is 53.0 Å². The summed E-state index contributed by atoms with van der Waals surface area (Å²) in [4.78, 5) is 19.7. The minimum absolute atomic E-state index is 0.153. The van der Waals surface area contributed by atoms with Gasteiger partial charge in [-0.05, 0) is 18.6 Å². The van der Waals surface area contributed by atoms with E-state index in [-0.39, 0.29) is 5.91 Å². The number of nitrogens with zero attached hydrogens (tertiary/aromatic N) is 1. The maximum atomic E-state index is 12.0. The monoisotopic (exact) mass is 364 g/mol. The van der Waals surface area contributed by atoms with E-state index in [2.05, 4.69) is 23.5 Å². The minimum atomic E-state index is 0.153. The van der Waals surface area contributed by atoms with Crippen LogP contribution in [0.25, 0.3) is 10.2 Å². The number of fused-ring (bicyclic) bond motifs is 1. The average molecular weight is 365 g/mol. The number of nitrogens with one attached hydrogen (secondary N) is 3. The summed E-state index contributed by atoms with van der Waals surface area (Å²) < 4.78 is 6.26. The number of methoxy groups -OCH3 is 1. The number of carbonyl (C=O) groups is 1. The lowest BCUT2D eigenvalue weighted by molar-refractivity contribution is -1.02. The molecule has 0 aliphatic carbocycles. The zero-order chi connectivity index (χ0) is 17.5. The number of thiazole rings is 1. The molecular weight excluding hydrogens is 336 g/mol. The van der Waals surface area contributed by atoms with Gasteiger partial charge in [-0.2, -0.15) is 0 Å². The Balaban J connectivity index is 1.39. The number of para-hydroxylation sites is 1. The third-order valence-electron chi connectivity index (χ3n) is 4.66. The van der Waals surface area contributed by atoms with Gasteiger partial charge in [0.2, 0.25) is 0 Å². The number of rotatable bonds is 8. The zero-order valence-corrected chi connectivity index (χ0v) is 15.7. The predicted octanol–water partition coefficient (Wildman–Crippen LogP) is -1.27. The largest absolute Gasteiger partial charge is 0.385 e. The molecule has 0 bridgehead atoms. The summed E-state index contributed by atoms with van der Waals surface area (Å²) in [7, 11) is 1.68.